The number of hydrogen-bond acceptors (Lipinski definition) is 18. The first-order valence-electron chi connectivity index (χ1n) is 38.2. The number of piperazine rings is 1. The van der Waals surface area contributed by atoms with Gasteiger partial charge in [0.05, 0.1) is 75.5 Å². The molecule has 594 valence electrons. The fourth-order valence-electron chi connectivity index (χ4n) is 14.5. The number of nitrogens with zero attached hydrogens (tertiary/aromatic N) is 11. The fraction of sp³-hybridized carbons (Fsp3) is 0.200. The van der Waals surface area contributed by atoms with Gasteiger partial charge in [-0.1, -0.05) is 91.0 Å². The van der Waals surface area contributed by atoms with Crippen molar-refractivity contribution >= 4 is 98.7 Å². The van der Waals surface area contributed by atoms with Crippen molar-refractivity contribution in [2.75, 3.05) is 93.5 Å². The summed E-state index contributed by atoms with van der Waals surface area (Å²) in [4.78, 5) is 24.0. The Hall–Kier alpha value is -12.3. The number of morpholine rings is 2. The number of nitrogens with one attached hydrogen (secondary N) is 2. The van der Waals surface area contributed by atoms with Crippen molar-refractivity contribution in [2.24, 2.45) is 0 Å². The van der Waals surface area contributed by atoms with E-state index in [1.807, 2.05) is 113 Å². The van der Waals surface area contributed by atoms with Crippen LogP contribution < -0.4 is 25.5 Å². The zero-order chi connectivity index (χ0) is 82.5. The van der Waals surface area contributed by atoms with Crippen LogP contribution in [0.25, 0.3) is 89.1 Å². The molecule has 0 saturated carbocycles. The molecule has 4 aliphatic heterocycles. The number of H-pyrrole nitrogens is 1. The monoisotopic (exact) mass is 1680 g/mol. The molecule has 21 nitrogen and oxygen atoms in total. The number of fused-ring (bicyclic) bond motifs is 3. The number of aromatic amines is 1. The molecule has 14 aromatic rings. The SMILES string of the molecule is CC1(C)OB(c2ccc(F)c(C#N)c2)OC1(C)C.N#Cc1cc(-c2ccnc3[nH]c(-c4ccc(N5CCNCC5)cc4)cc23)ccc1F.N#Cc1cc(-c2ccnc3c2cc(-c2ccc(N4CCOCC4)cc2)n3S(=O)(=O)c2ccccc2)ccc1F.O=S(=O)(c1ccccc1)n1c(-c2ccc(N3CCOCC3)cc2)cc2c(Br)ccnc21. The lowest BCUT2D eigenvalue weighted by Crippen LogP contribution is -2.43. The zero-order valence-electron chi connectivity index (χ0n) is 64.7. The Labute approximate surface area is 690 Å². The molecule has 4 aliphatic rings. The lowest BCUT2D eigenvalue weighted by atomic mass is 9.78. The first kappa shape index (κ1) is 80.9. The smallest absolute Gasteiger partial charge is 0.399 e. The molecule has 6 aromatic heterocycles. The molecule has 18 rings (SSSR count). The van der Waals surface area contributed by atoms with Gasteiger partial charge in [-0.05, 0) is 221 Å². The van der Waals surface area contributed by atoms with Crippen LogP contribution in [0.3, 0.4) is 0 Å². The Bertz CT molecular complexity index is 6410. The Morgan fingerprint density at radius 1 is 0.441 bits per heavy atom. The number of aromatic nitrogens is 6. The van der Waals surface area contributed by atoms with Gasteiger partial charge >= 0.3 is 7.12 Å². The van der Waals surface area contributed by atoms with Crippen molar-refractivity contribution < 1.29 is 48.8 Å². The highest BCUT2D eigenvalue weighted by molar-refractivity contribution is 9.10. The van der Waals surface area contributed by atoms with Crippen LogP contribution in [0.1, 0.15) is 44.4 Å². The molecule has 28 heteroatoms. The molecule has 0 bridgehead atoms. The number of benzene rings is 8. The molecule has 0 spiro atoms. The van der Waals surface area contributed by atoms with E-state index >= 15 is 0 Å². The van der Waals surface area contributed by atoms with E-state index in [2.05, 4.69) is 86.2 Å². The highest BCUT2D eigenvalue weighted by Gasteiger charge is 2.52. The number of nitriles is 3. The highest BCUT2D eigenvalue weighted by Crippen LogP contribution is 2.41. The molecular weight excluding hydrogens is 1600 g/mol. The standard InChI is InChI=1S/C30H23FN4O3S.C24H20FN5.C23H20BrN3O3S.C13H15BFNO2/c31-28-11-8-22(18-23(28)20-32)26-12-13-33-30-27(26)19-29(35(30)39(36,37)25-4-2-1-3-5-25)21-6-9-24(10-7-21)34-14-16-38-17-15-34;25-22-6-3-17(13-18(22)15-26)20-7-8-28-24-21(20)14-23(29-24)16-1-4-19(5-2-16)30-11-9-27-10-12-30;24-21-10-11-25-23-20(21)16-22(27(23)31(28,29)19-4-2-1-3-5-19)17-6-8-18(9-7-17)26-12-14-30-15-13-26;1-12(2)13(3,4)18-14(17-12)10-5-6-11(15)9(7-10)8-16/h1-13,18-19H,14-17H2;1-8,13-14,27H,9-12H2,(H,28,29);1-11,16H,12-15H2;5-7H,1-4H3. The Balaban J connectivity index is 0.000000127. The lowest BCUT2D eigenvalue weighted by Gasteiger charge is -2.32. The van der Waals surface area contributed by atoms with Crippen LogP contribution in [0.4, 0.5) is 30.2 Å². The van der Waals surface area contributed by atoms with Crippen molar-refractivity contribution in [3.63, 3.8) is 0 Å². The molecule has 8 aromatic carbocycles. The number of ether oxygens (including phenoxy) is 2. The summed E-state index contributed by atoms with van der Waals surface area (Å²) in [7, 11) is -8.44. The molecule has 0 radical (unpaired) electrons. The summed E-state index contributed by atoms with van der Waals surface area (Å²) in [5, 5.41) is 33.0. The summed E-state index contributed by atoms with van der Waals surface area (Å²) < 4.78 is 122. The van der Waals surface area contributed by atoms with Crippen molar-refractivity contribution in [1.82, 2.24) is 33.2 Å². The van der Waals surface area contributed by atoms with Gasteiger partial charge in [-0.3, -0.25) is 0 Å². The number of anilines is 3. The Morgan fingerprint density at radius 2 is 0.839 bits per heavy atom. The van der Waals surface area contributed by atoms with E-state index in [0.29, 0.717) is 71.0 Å². The van der Waals surface area contributed by atoms with Crippen LogP contribution in [0.5, 0.6) is 0 Å². The molecule has 0 amide bonds. The van der Waals surface area contributed by atoms with Gasteiger partial charge in [0.15, 0.2) is 11.3 Å². The largest absolute Gasteiger partial charge is 0.494 e. The highest BCUT2D eigenvalue weighted by atomic mass is 79.9. The van der Waals surface area contributed by atoms with Crippen molar-refractivity contribution in [3.05, 3.63) is 282 Å². The van der Waals surface area contributed by atoms with Crippen LogP contribution in [0.15, 0.2) is 257 Å². The topological polar surface area (TPSA) is 263 Å². The molecule has 2 N–H and O–H groups in total. The average Bonchev–Trinajstić information content (AvgIpc) is 1.56. The maximum Gasteiger partial charge on any atom is 0.494 e. The van der Waals surface area contributed by atoms with Gasteiger partial charge in [-0.15, -0.1) is 0 Å². The third-order valence-electron chi connectivity index (χ3n) is 21.5. The number of rotatable bonds is 13. The molecule has 0 atom stereocenters. The summed E-state index contributed by atoms with van der Waals surface area (Å²) in [6.07, 6.45) is 4.85. The van der Waals surface area contributed by atoms with E-state index < -0.39 is 55.8 Å². The number of pyridine rings is 3. The third-order valence-corrected chi connectivity index (χ3v) is 25.7. The minimum absolute atomic E-state index is 0.00205. The Kier molecular flexibility index (Phi) is 23.7. The average molecular weight is 1680 g/mol. The Morgan fingerprint density at radius 3 is 1.31 bits per heavy atom. The molecule has 10 heterocycles. The first-order valence-corrected chi connectivity index (χ1v) is 41.8. The fourth-order valence-corrected chi connectivity index (χ4v) is 17.9. The molecular formula is C90H78BBrF3N13O8S2. The van der Waals surface area contributed by atoms with Gasteiger partial charge in [0.2, 0.25) is 0 Å². The van der Waals surface area contributed by atoms with Crippen LogP contribution in [-0.4, -0.2) is 142 Å². The van der Waals surface area contributed by atoms with Crippen LogP contribution in [0.2, 0.25) is 0 Å². The van der Waals surface area contributed by atoms with Crippen LogP contribution >= 0.6 is 15.9 Å². The lowest BCUT2D eigenvalue weighted by molar-refractivity contribution is 0.00578. The third kappa shape index (κ3) is 16.7. The summed E-state index contributed by atoms with van der Waals surface area (Å²) >= 11 is 3.54. The van der Waals surface area contributed by atoms with Crippen molar-refractivity contribution in [3.8, 4) is 74.2 Å². The van der Waals surface area contributed by atoms with Crippen LogP contribution in [-0.2, 0) is 38.8 Å². The molecule has 0 unspecified atom stereocenters. The normalized spacial score (nSPS) is 15.2. The second-order valence-electron chi connectivity index (χ2n) is 29.3. The predicted molar refractivity (Wildman–Crippen MR) is 456 cm³/mol. The summed E-state index contributed by atoms with van der Waals surface area (Å²) in [5.74, 6) is -1.65. The molecule has 4 fully saturated rings. The van der Waals surface area contributed by atoms with E-state index in [0.717, 1.165) is 113 Å². The van der Waals surface area contributed by atoms with Crippen LogP contribution in [0, 0.1) is 51.4 Å². The van der Waals surface area contributed by atoms with E-state index in [9.17, 15) is 35.3 Å². The number of halogens is 4. The quantitative estimate of drug-likeness (QED) is 0.102. The van der Waals surface area contributed by atoms with Crippen molar-refractivity contribution in [2.45, 2.75) is 48.7 Å². The second kappa shape index (κ2) is 34.5. The van der Waals surface area contributed by atoms with Gasteiger partial charge < -0.3 is 43.8 Å². The summed E-state index contributed by atoms with van der Waals surface area (Å²) in [5.41, 5.74) is 12.0. The van der Waals surface area contributed by atoms with Gasteiger partial charge in [-0.2, -0.15) is 15.8 Å². The maximum atomic E-state index is 14.1. The predicted octanol–water partition coefficient (Wildman–Crippen LogP) is 16.3. The van der Waals surface area contributed by atoms with Crippen molar-refractivity contribution in [1.29, 1.82) is 15.8 Å². The molecule has 118 heavy (non-hydrogen) atoms. The van der Waals surface area contributed by atoms with Gasteiger partial charge in [-0.25, -0.2) is 52.9 Å². The van der Waals surface area contributed by atoms with Gasteiger partial charge in [0.1, 0.15) is 41.3 Å². The minimum atomic E-state index is -4.04. The summed E-state index contributed by atoms with van der Waals surface area (Å²) in [6.45, 7) is 17.9. The van der Waals surface area contributed by atoms with Gasteiger partial charge in [0, 0.05) is 114 Å². The maximum absolute atomic E-state index is 14.1. The number of hydrogen-bond donors (Lipinski definition) is 2. The van der Waals surface area contributed by atoms with E-state index in [-0.39, 0.29) is 32.1 Å². The van der Waals surface area contributed by atoms with E-state index in [4.69, 9.17) is 29.3 Å². The zero-order valence-corrected chi connectivity index (χ0v) is 67.9. The molecule has 4 saturated heterocycles. The first-order chi connectivity index (χ1) is 57.0. The van der Waals surface area contributed by atoms with Gasteiger partial charge in [0.25, 0.3) is 20.0 Å². The summed E-state index contributed by atoms with van der Waals surface area (Å²) in [6, 6.07) is 70.9. The van der Waals surface area contributed by atoms with E-state index in [1.54, 1.807) is 109 Å². The second-order valence-corrected chi connectivity index (χ2v) is 33.7. The minimum Gasteiger partial charge on any atom is -0.399 e. The molecule has 0 aliphatic carbocycles. The van der Waals surface area contributed by atoms with E-state index in [1.165, 1.54) is 50.2 Å².